The summed E-state index contributed by atoms with van der Waals surface area (Å²) in [7, 11) is -3.66. The van der Waals surface area contributed by atoms with E-state index in [1.165, 1.54) is 25.2 Å². The van der Waals surface area contributed by atoms with E-state index in [2.05, 4.69) is 19.6 Å². The second-order valence-electron chi connectivity index (χ2n) is 4.64. The minimum atomic E-state index is -3.66. The fourth-order valence-electron chi connectivity index (χ4n) is 2.15. The van der Waals surface area contributed by atoms with Crippen LogP contribution in [0.3, 0.4) is 0 Å². The van der Waals surface area contributed by atoms with Gasteiger partial charge < -0.3 is 4.90 Å². The summed E-state index contributed by atoms with van der Waals surface area (Å²) >= 11 is 6.57. The number of aromatic nitrogens is 2. The van der Waals surface area contributed by atoms with Crippen molar-refractivity contribution in [2.45, 2.75) is 17.1 Å². The minimum absolute atomic E-state index is 0.0797. The van der Waals surface area contributed by atoms with Gasteiger partial charge in [0.25, 0.3) is 10.0 Å². The summed E-state index contributed by atoms with van der Waals surface area (Å²) in [4.78, 5) is 10.2. The third-order valence-electron chi connectivity index (χ3n) is 3.15. The quantitative estimate of drug-likeness (QED) is 0.922. The van der Waals surface area contributed by atoms with Gasteiger partial charge in [0, 0.05) is 13.1 Å². The Morgan fingerprint density at radius 2 is 1.95 bits per heavy atom. The first-order valence-corrected chi connectivity index (χ1v) is 9.07. The number of anilines is 2. The average molecular weight is 345 g/mol. The van der Waals surface area contributed by atoms with E-state index >= 15 is 0 Å². The van der Waals surface area contributed by atoms with Crippen LogP contribution in [0.4, 0.5) is 11.5 Å². The van der Waals surface area contributed by atoms with Crippen molar-refractivity contribution in [3.05, 3.63) is 29.0 Å². The summed E-state index contributed by atoms with van der Waals surface area (Å²) in [6, 6.07) is 3.53. The normalized spacial score (nSPS) is 15.4. The second-order valence-corrected chi connectivity index (χ2v) is 8.16. The Balaban J connectivity index is 1.75. The van der Waals surface area contributed by atoms with Crippen molar-refractivity contribution in [1.82, 2.24) is 9.97 Å². The summed E-state index contributed by atoms with van der Waals surface area (Å²) in [6.45, 7) is 1.99. The molecule has 0 radical (unpaired) electrons. The summed E-state index contributed by atoms with van der Waals surface area (Å²) < 4.78 is 27.0. The molecular weight excluding hydrogens is 332 g/mol. The molecule has 1 aliphatic heterocycles. The van der Waals surface area contributed by atoms with Crippen LogP contribution in [0.2, 0.25) is 4.47 Å². The Bertz CT molecular complexity index is 724. The zero-order valence-corrected chi connectivity index (χ0v) is 13.4. The molecule has 0 amide bonds. The number of hydrogen-bond donors (Lipinski definition) is 1. The summed E-state index contributed by atoms with van der Waals surface area (Å²) in [5.41, 5.74) is 0.419. The number of nitrogens with one attached hydrogen (secondary N) is 1. The molecule has 9 heteroatoms. The predicted molar refractivity (Wildman–Crippen MR) is 83.6 cm³/mol. The SMILES string of the molecule is O=S(=O)(Nc1ccc(N2CCCC2)nc1)c1cnc(Cl)s1. The van der Waals surface area contributed by atoms with E-state index in [4.69, 9.17) is 11.6 Å². The topological polar surface area (TPSA) is 75.2 Å². The summed E-state index contributed by atoms with van der Waals surface area (Å²) in [6.07, 6.45) is 5.10. The van der Waals surface area contributed by atoms with Crippen LogP contribution in [0.25, 0.3) is 0 Å². The van der Waals surface area contributed by atoms with Crippen LogP contribution < -0.4 is 9.62 Å². The van der Waals surface area contributed by atoms with Crippen molar-refractivity contribution >= 4 is 44.5 Å². The van der Waals surface area contributed by atoms with Crippen molar-refractivity contribution in [3.8, 4) is 0 Å². The maximum absolute atomic E-state index is 12.1. The van der Waals surface area contributed by atoms with E-state index in [0.717, 1.165) is 30.2 Å². The van der Waals surface area contributed by atoms with Gasteiger partial charge in [0.2, 0.25) is 0 Å². The standard InChI is InChI=1S/C12H13ClN4O2S2/c13-12-15-8-11(20-12)21(18,19)16-9-3-4-10(14-7-9)17-5-1-2-6-17/h3-4,7-8,16H,1-2,5-6H2. The number of thiazole rings is 1. The average Bonchev–Trinajstić information content (AvgIpc) is 3.10. The predicted octanol–water partition coefficient (Wildman–Crippen LogP) is 2.59. The van der Waals surface area contributed by atoms with Crippen LogP contribution in [0.5, 0.6) is 0 Å². The van der Waals surface area contributed by atoms with E-state index in [9.17, 15) is 8.42 Å². The van der Waals surface area contributed by atoms with Gasteiger partial charge in [-0.1, -0.05) is 22.9 Å². The molecule has 3 rings (SSSR count). The van der Waals surface area contributed by atoms with Crippen molar-refractivity contribution in [1.29, 1.82) is 0 Å². The zero-order chi connectivity index (χ0) is 14.9. The maximum Gasteiger partial charge on any atom is 0.273 e. The van der Waals surface area contributed by atoms with E-state index in [1.54, 1.807) is 6.07 Å². The third-order valence-corrected chi connectivity index (χ3v) is 6.11. The third kappa shape index (κ3) is 3.28. The van der Waals surface area contributed by atoms with E-state index in [-0.39, 0.29) is 8.68 Å². The largest absolute Gasteiger partial charge is 0.357 e. The number of halogens is 1. The molecule has 3 heterocycles. The molecular formula is C12H13ClN4O2S2. The number of rotatable bonds is 4. The first-order chi connectivity index (χ1) is 10.0. The van der Waals surface area contributed by atoms with Gasteiger partial charge in [0.15, 0.2) is 8.68 Å². The van der Waals surface area contributed by atoms with Crippen LogP contribution in [0.1, 0.15) is 12.8 Å². The molecule has 1 aliphatic rings. The Kier molecular flexibility index (Phi) is 4.01. The van der Waals surface area contributed by atoms with Gasteiger partial charge in [-0.3, -0.25) is 4.72 Å². The molecule has 0 spiro atoms. The van der Waals surface area contributed by atoms with Crippen molar-refractivity contribution in [2.75, 3.05) is 22.7 Å². The number of sulfonamides is 1. The molecule has 0 bridgehead atoms. The Labute approximate surface area is 131 Å². The summed E-state index contributed by atoms with van der Waals surface area (Å²) in [5, 5.41) is 0. The lowest BCUT2D eigenvalue weighted by Gasteiger charge is -2.16. The van der Waals surface area contributed by atoms with Crippen molar-refractivity contribution < 1.29 is 8.42 Å². The molecule has 1 saturated heterocycles. The highest BCUT2D eigenvalue weighted by molar-refractivity contribution is 7.94. The maximum atomic E-state index is 12.1. The van der Waals surface area contributed by atoms with Crippen LogP contribution in [-0.2, 0) is 10.0 Å². The van der Waals surface area contributed by atoms with Gasteiger partial charge >= 0.3 is 0 Å². The van der Waals surface area contributed by atoms with Gasteiger partial charge in [-0.15, -0.1) is 0 Å². The molecule has 0 atom stereocenters. The Morgan fingerprint density at radius 3 is 2.52 bits per heavy atom. The lowest BCUT2D eigenvalue weighted by molar-refractivity contribution is 0.603. The van der Waals surface area contributed by atoms with Crippen molar-refractivity contribution in [2.24, 2.45) is 0 Å². The molecule has 21 heavy (non-hydrogen) atoms. The molecule has 112 valence electrons. The molecule has 1 fully saturated rings. The highest BCUT2D eigenvalue weighted by Gasteiger charge is 2.18. The van der Waals surface area contributed by atoms with Crippen LogP contribution in [0.15, 0.2) is 28.7 Å². The molecule has 2 aromatic rings. The van der Waals surface area contributed by atoms with Gasteiger partial charge in [0.1, 0.15) is 5.82 Å². The highest BCUT2D eigenvalue weighted by Crippen LogP contribution is 2.25. The number of pyridine rings is 1. The Morgan fingerprint density at radius 1 is 1.19 bits per heavy atom. The molecule has 2 aromatic heterocycles. The van der Waals surface area contributed by atoms with Crippen LogP contribution in [0, 0.1) is 0 Å². The fourth-order valence-corrected chi connectivity index (χ4v) is 4.48. The van der Waals surface area contributed by atoms with Gasteiger partial charge in [-0.2, -0.15) is 0 Å². The minimum Gasteiger partial charge on any atom is -0.357 e. The number of nitrogens with zero attached hydrogens (tertiary/aromatic N) is 3. The smallest absolute Gasteiger partial charge is 0.273 e. The molecule has 6 nitrogen and oxygen atoms in total. The van der Waals surface area contributed by atoms with Gasteiger partial charge in [-0.05, 0) is 25.0 Å². The van der Waals surface area contributed by atoms with Crippen LogP contribution >= 0.6 is 22.9 Å². The summed E-state index contributed by atoms with van der Waals surface area (Å²) in [5.74, 6) is 0.872. The van der Waals surface area contributed by atoms with E-state index < -0.39 is 10.0 Å². The first kappa shape index (κ1) is 14.6. The Hall–Kier alpha value is -1.38. The van der Waals surface area contributed by atoms with E-state index in [1.807, 2.05) is 6.07 Å². The van der Waals surface area contributed by atoms with Gasteiger partial charge in [-0.25, -0.2) is 18.4 Å². The zero-order valence-electron chi connectivity index (χ0n) is 11.0. The fraction of sp³-hybridized carbons (Fsp3) is 0.333. The highest BCUT2D eigenvalue weighted by atomic mass is 35.5. The molecule has 0 saturated carbocycles. The lowest BCUT2D eigenvalue weighted by atomic mass is 10.4. The van der Waals surface area contributed by atoms with E-state index in [0.29, 0.717) is 5.69 Å². The molecule has 1 N–H and O–H groups in total. The first-order valence-electron chi connectivity index (χ1n) is 6.40. The second kappa shape index (κ2) is 5.78. The molecule has 0 aliphatic carbocycles. The lowest BCUT2D eigenvalue weighted by Crippen LogP contribution is -2.19. The monoisotopic (exact) mass is 344 g/mol. The number of hydrogen-bond acceptors (Lipinski definition) is 6. The van der Waals surface area contributed by atoms with Gasteiger partial charge in [0.05, 0.1) is 18.1 Å². The van der Waals surface area contributed by atoms with Crippen molar-refractivity contribution in [3.63, 3.8) is 0 Å². The molecule has 0 unspecified atom stereocenters. The van der Waals surface area contributed by atoms with Crippen LogP contribution in [-0.4, -0.2) is 31.5 Å². The molecule has 0 aromatic carbocycles.